The van der Waals surface area contributed by atoms with E-state index in [-0.39, 0.29) is 11.7 Å². The second-order valence-electron chi connectivity index (χ2n) is 2.28. The van der Waals surface area contributed by atoms with Gasteiger partial charge in [-0.1, -0.05) is 23.2 Å². The van der Waals surface area contributed by atoms with Gasteiger partial charge in [0, 0.05) is 11.6 Å². The van der Waals surface area contributed by atoms with Gasteiger partial charge in [0.05, 0.1) is 5.69 Å². The van der Waals surface area contributed by atoms with Crippen molar-refractivity contribution in [3.8, 4) is 0 Å². The lowest BCUT2D eigenvalue weighted by molar-refractivity contribution is 0.182. The maximum Gasteiger partial charge on any atom is 0.130 e. The number of hydrogen-bond donors (Lipinski definition) is 2. The van der Waals surface area contributed by atoms with Crippen LogP contribution in [0.25, 0.3) is 0 Å². The normalized spacial score (nSPS) is 13.0. The van der Waals surface area contributed by atoms with Crippen LogP contribution in [0.4, 0.5) is 0 Å². The van der Waals surface area contributed by atoms with Crippen LogP contribution in [0.15, 0.2) is 12.1 Å². The zero-order valence-electron chi connectivity index (χ0n) is 6.17. The Kier molecular flexibility index (Phi) is 3.29. The molecular weight excluding hydrogens is 199 g/mol. The molecule has 1 heterocycles. The van der Waals surface area contributed by atoms with Crippen molar-refractivity contribution < 1.29 is 5.11 Å². The van der Waals surface area contributed by atoms with Crippen molar-refractivity contribution in [3.05, 3.63) is 28.0 Å². The summed E-state index contributed by atoms with van der Waals surface area (Å²) in [7, 11) is 0. The van der Waals surface area contributed by atoms with Crippen LogP contribution in [0.2, 0.25) is 10.2 Å². The molecule has 0 aliphatic heterocycles. The van der Waals surface area contributed by atoms with E-state index in [2.05, 4.69) is 4.98 Å². The number of nitrogens with zero attached hydrogens (tertiary/aromatic N) is 1. The van der Waals surface area contributed by atoms with Gasteiger partial charge in [-0.3, -0.25) is 0 Å². The SMILES string of the molecule is NCC(O)c1cc(Cl)cc(Cl)n1. The summed E-state index contributed by atoms with van der Waals surface area (Å²) in [5.74, 6) is 0. The first kappa shape index (κ1) is 9.74. The molecule has 1 rings (SSSR count). The maximum atomic E-state index is 9.27. The fourth-order valence-corrected chi connectivity index (χ4v) is 1.26. The monoisotopic (exact) mass is 206 g/mol. The van der Waals surface area contributed by atoms with Crippen molar-refractivity contribution in [1.29, 1.82) is 0 Å². The van der Waals surface area contributed by atoms with Crippen LogP contribution in [0.3, 0.4) is 0 Å². The second-order valence-corrected chi connectivity index (χ2v) is 3.11. The summed E-state index contributed by atoms with van der Waals surface area (Å²) in [5, 5.41) is 9.97. The summed E-state index contributed by atoms with van der Waals surface area (Å²) in [6.07, 6.45) is -0.804. The molecular formula is C7H8Cl2N2O. The molecule has 3 nitrogen and oxygen atoms in total. The summed E-state index contributed by atoms with van der Waals surface area (Å²) >= 11 is 11.3. The number of nitrogens with two attached hydrogens (primary N) is 1. The molecule has 0 saturated heterocycles. The number of aliphatic hydroxyl groups is 1. The average Bonchev–Trinajstić information content (AvgIpc) is 2.01. The topological polar surface area (TPSA) is 59.1 Å². The van der Waals surface area contributed by atoms with Crippen molar-refractivity contribution in [3.63, 3.8) is 0 Å². The molecule has 12 heavy (non-hydrogen) atoms. The molecule has 0 spiro atoms. The molecule has 0 fully saturated rings. The van der Waals surface area contributed by atoms with Gasteiger partial charge in [-0.05, 0) is 12.1 Å². The quantitative estimate of drug-likeness (QED) is 0.720. The van der Waals surface area contributed by atoms with E-state index in [1.165, 1.54) is 12.1 Å². The summed E-state index contributed by atoms with van der Waals surface area (Å²) in [5.41, 5.74) is 5.63. The first-order chi connectivity index (χ1) is 5.63. The predicted molar refractivity (Wildman–Crippen MR) is 48.3 cm³/mol. The second kappa shape index (κ2) is 4.05. The van der Waals surface area contributed by atoms with Gasteiger partial charge in [-0.25, -0.2) is 4.98 Å². The lowest BCUT2D eigenvalue weighted by Crippen LogP contribution is -2.12. The first-order valence-corrected chi connectivity index (χ1v) is 4.10. The van der Waals surface area contributed by atoms with Gasteiger partial charge in [0.15, 0.2) is 0 Å². The Morgan fingerprint density at radius 2 is 2.17 bits per heavy atom. The van der Waals surface area contributed by atoms with Crippen molar-refractivity contribution in [2.45, 2.75) is 6.10 Å². The van der Waals surface area contributed by atoms with Gasteiger partial charge in [0.2, 0.25) is 0 Å². The first-order valence-electron chi connectivity index (χ1n) is 3.34. The molecule has 0 bridgehead atoms. The van der Waals surface area contributed by atoms with E-state index in [0.29, 0.717) is 10.7 Å². The van der Waals surface area contributed by atoms with Gasteiger partial charge < -0.3 is 10.8 Å². The highest BCUT2D eigenvalue weighted by atomic mass is 35.5. The molecule has 1 atom stereocenters. The van der Waals surface area contributed by atoms with Gasteiger partial charge >= 0.3 is 0 Å². The average molecular weight is 207 g/mol. The minimum Gasteiger partial charge on any atom is -0.385 e. The number of rotatable bonds is 2. The molecule has 0 aliphatic rings. The van der Waals surface area contributed by atoms with Gasteiger partial charge in [-0.2, -0.15) is 0 Å². The van der Waals surface area contributed by atoms with Gasteiger partial charge in [0.1, 0.15) is 11.3 Å². The zero-order valence-corrected chi connectivity index (χ0v) is 7.68. The van der Waals surface area contributed by atoms with Gasteiger partial charge in [0.25, 0.3) is 0 Å². The molecule has 0 saturated carbocycles. The van der Waals surface area contributed by atoms with E-state index < -0.39 is 6.10 Å². The highest BCUT2D eigenvalue weighted by Crippen LogP contribution is 2.19. The summed E-state index contributed by atoms with van der Waals surface area (Å²) in [6.45, 7) is 0.101. The molecule has 1 aromatic rings. The Balaban J connectivity index is 3.00. The smallest absolute Gasteiger partial charge is 0.130 e. The van der Waals surface area contributed by atoms with Crippen LogP contribution < -0.4 is 5.73 Å². The van der Waals surface area contributed by atoms with E-state index in [1.54, 1.807) is 0 Å². The van der Waals surface area contributed by atoms with Crippen LogP contribution in [0.5, 0.6) is 0 Å². The Labute approximate surface area is 80.1 Å². The van der Waals surface area contributed by atoms with Crippen LogP contribution in [0, 0.1) is 0 Å². The summed E-state index contributed by atoms with van der Waals surface area (Å²) in [6, 6.07) is 3.03. The van der Waals surface area contributed by atoms with Crippen molar-refractivity contribution >= 4 is 23.2 Å². The molecule has 3 N–H and O–H groups in total. The molecule has 5 heteroatoms. The van der Waals surface area contributed by atoms with E-state index in [1.807, 2.05) is 0 Å². The molecule has 0 radical (unpaired) electrons. The third-order valence-corrected chi connectivity index (χ3v) is 1.76. The van der Waals surface area contributed by atoms with E-state index in [0.717, 1.165) is 0 Å². The number of halogens is 2. The summed E-state index contributed by atoms with van der Waals surface area (Å²) in [4.78, 5) is 3.86. The largest absolute Gasteiger partial charge is 0.385 e. The number of hydrogen-bond acceptors (Lipinski definition) is 3. The third kappa shape index (κ3) is 2.32. The highest BCUT2D eigenvalue weighted by molar-refractivity contribution is 6.33. The third-order valence-electron chi connectivity index (χ3n) is 1.34. The molecule has 1 unspecified atom stereocenters. The Morgan fingerprint density at radius 1 is 1.50 bits per heavy atom. The zero-order chi connectivity index (χ0) is 9.14. The van der Waals surface area contributed by atoms with E-state index in [9.17, 15) is 5.11 Å². The maximum absolute atomic E-state index is 9.27. The number of aliphatic hydroxyl groups excluding tert-OH is 1. The Hall–Kier alpha value is -0.350. The van der Waals surface area contributed by atoms with Crippen molar-refractivity contribution in [2.24, 2.45) is 5.73 Å². The fraction of sp³-hybridized carbons (Fsp3) is 0.286. The van der Waals surface area contributed by atoms with Gasteiger partial charge in [-0.15, -0.1) is 0 Å². The highest BCUT2D eigenvalue weighted by Gasteiger charge is 2.08. The lowest BCUT2D eigenvalue weighted by atomic mass is 10.2. The molecule has 1 aromatic heterocycles. The minimum absolute atomic E-state index is 0.101. The Bertz CT molecular complexity index is 260. The van der Waals surface area contributed by atoms with Crippen LogP contribution in [-0.4, -0.2) is 16.6 Å². The molecule has 66 valence electrons. The van der Waals surface area contributed by atoms with Crippen molar-refractivity contribution in [2.75, 3.05) is 6.54 Å². The molecule has 0 aliphatic carbocycles. The summed E-state index contributed by atoms with van der Waals surface area (Å²) < 4.78 is 0. The van der Waals surface area contributed by atoms with E-state index >= 15 is 0 Å². The standard InChI is InChI=1S/C7H8Cl2N2O/c8-4-1-5(6(12)3-10)11-7(9)2-4/h1-2,6,12H,3,10H2. The van der Waals surface area contributed by atoms with E-state index in [4.69, 9.17) is 28.9 Å². The van der Waals surface area contributed by atoms with Crippen LogP contribution in [0.1, 0.15) is 11.8 Å². The number of aromatic nitrogens is 1. The lowest BCUT2D eigenvalue weighted by Gasteiger charge is -2.06. The predicted octanol–water partition coefficient (Wildman–Crippen LogP) is 1.38. The van der Waals surface area contributed by atoms with Crippen LogP contribution in [-0.2, 0) is 0 Å². The van der Waals surface area contributed by atoms with Crippen LogP contribution >= 0.6 is 23.2 Å². The Morgan fingerprint density at radius 3 is 2.67 bits per heavy atom. The molecule has 0 amide bonds. The van der Waals surface area contributed by atoms with Crippen molar-refractivity contribution in [1.82, 2.24) is 4.98 Å². The minimum atomic E-state index is -0.804. The fourth-order valence-electron chi connectivity index (χ4n) is 0.776. The molecule has 0 aromatic carbocycles. The number of pyridine rings is 1.